The molecule has 5 nitrogen and oxygen atoms in total. The second-order valence-corrected chi connectivity index (χ2v) is 5.87. The molecule has 3 aromatic rings. The Balaban J connectivity index is 1.42. The summed E-state index contributed by atoms with van der Waals surface area (Å²) < 4.78 is 5.09. The molecule has 2 amide bonds. The molecule has 0 unspecified atom stereocenters. The van der Waals surface area contributed by atoms with Crippen LogP contribution < -0.4 is 15.4 Å². The molecule has 0 saturated heterocycles. The van der Waals surface area contributed by atoms with E-state index in [1.807, 2.05) is 60.7 Å². The fourth-order valence-electron chi connectivity index (χ4n) is 2.51. The van der Waals surface area contributed by atoms with Gasteiger partial charge < -0.3 is 15.4 Å². The highest BCUT2D eigenvalue weighted by Crippen LogP contribution is 2.21. The van der Waals surface area contributed by atoms with Crippen LogP contribution in [0.5, 0.6) is 5.75 Å². The molecule has 0 aliphatic carbocycles. The molecule has 0 aliphatic heterocycles. The number of anilines is 1. The Morgan fingerprint density at radius 3 is 2.00 bits per heavy atom. The quantitative estimate of drug-likeness (QED) is 0.681. The van der Waals surface area contributed by atoms with Gasteiger partial charge >= 0.3 is 6.09 Å². The average molecular weight is 360 g/mol. The van der Waals surface area contributed by atoms with Crippen LogP contribution in [0, 0.1) is 0 Å². The van der Waals surface area contributed by atoms with Gasteiger partial charge in [0, 0.05) is 18.7 Å². The molecule has 0 aromatic heterocycles. The summed E-state index contributed by atoms with van der Waals surface area (Å²) in [6.45, 7) is 0.194. The predicted octanol–water partition coefficient (Wildman–Crippen LogP) is 4.47. The van der Waals surface area contributed by atoms with Gasteiger partial charge in [-0.05, 0) is 35.4 Å². The molecule has 0 atom stereocenters. The topological polar surface area (TPSA) is 67.4 Å². The minimum absolute atomic E-state index is 0.157. The number of benzene rings is 3. The van der Waals surface area contributed by atoms with E-state index in [9.17, 15) is 9.59 Å². The van der Waals surface area contributed by atoms with Crippen molar-refractivity contribution in [1.29, 1.82) is 0 Å². The Kier molecular flexibility index (Phi) is 6.20. The van der Waals surface area contributed by atoms with Crippen LogP contribution in [0.25, 0.3) is 11.1 Å². The molecule has 0 spiro atoms. The van der Waals surface area contributed by atoms with E-state index in [-0.39, 0.29) is 18.9 Å². The van der Waals surface area contributed by atoms with Gasteiger partial charge in [-0.25, -0.2) is 4.79 Å². The number of hydrogen-bond acceptors (Lipinski definition) is 3. The Labute approximate surface area is 158 Å². The number of nitrogens with one attached hydrogen (secondary N) is 2. The van der Waals surface area contributed by atoms with Crippen LogP contribution in [0.15, 0.2) is 84.9 Å². The lowest BCUT2D eigenvalue weighted by Gasteiger charge is -2.08. The van der Waals surface area contributed by atoms with Crippen LogP contribution >= 0.6 is 0 Å². The third-order valence-corrected chi connectivity index (χ3v) is 3.85. The summed E-state index contributed by atoms with van der Waals surface area (Å²) >= 11 is 0. The average Bonchev–Trinajstić information content (AvgIpc) is 2.70. The molecule has 0 saturated carbocycles. The van der Waals surface area contributed by atoms with Crippen molar-refractivity contribution in [2.24, 2.45) is 0 Å². The standard InChI is InChI=1S/C22H20N2O3/c25-21(15-16-23-22(26)27-20-9-5-2-6-10-20)24-19-13-11-18(12-14-19)17-7-3-1-4-8-17/h1-14H,15-16H2,(H,23,26)(H,24,25). The van der Waals surface area contributed by atoms with E-state index < -0.39 is 6.09 Å². The highest BCUT2D eigenvalue weighted by atomic mass is 16.6. The van der Waals surface area contributed by atoms with Gasteiger partial charge in [-0.1, -0.05) is 60.7 Å². The molecule has 2 N–H and O–H groups in total. The maximum atomic E-state index is 12.0. The highest BCUT2D eigenvalue weighted by molar-refractivity contribution is 5.91. The lowest BCUT2D eigenvalue weighted by atomic mass is 10.1. The van der Waals surface area contributed by atoms with Crippen molar-refractivity contribution in [3.8, 4) is 16.9 Å². The molecule has 136 valence electrons. The minimum atomic E-state index is -0.582. The summed E-state index contributed by atoms with van der Waals surface area (Å²) in [6, 6.07) is 26.4. The van der Waals surface area contributed by atoms with Crippen molar-refractivity contribution < 1.29 is 14.3 Å². The first-order valence-electron chi connectivity index (χ1n) is 8.67. The van der Waals surface area contributed by atoms with Gasteiger partial charge in [0.1, 0.15) is 5.75 Å². The molecule has 0 radical (unpaired) electrons. The van der Waals surface area contributed by atoms with Gasteiger partial charge in [0.25, 0.3) is 0 Å². The van der Waals surface area contributed by atoms with E-state index in [2.05, 4.69) is 10.6 Å². The fourth-order valence-corrected chi connectivity index (χ4v) is 2.51. The normalized spacial score (nSPS) is 10.1. The van der Waals surface area contributed by atoms with E-state index in [1.165, 1.54) is 0 Å². The number of para-hydroxylation sites is 1. The molecule has 0 heterocycles. The summed E-state index contributed by atoms with van der Waals surface area (Å²) in [5, 5.41) is 5.37. The van der Waals surface area contributed by atoms with Gasteiger partial charge in [0.15, 0.2) is 0 Å². The number of amides is 2. The van der Waals surface area contributed by atoms with Gasteiger partial charge in [-0.2, -0.15) is 0 Å². The van der Waals surface area contributed by atoms with Crippen molar-refractivity contribution in [3.05, 3.63) is 84.9 Å². The zero-order valence-electron chi connectivity index (χ0n) is 14.7. The minimum Gasteiger partial charge on any atom is -0.410 e. The zero-order valence-corrected chi connectivity index (χ0v) is 14.7. The number of rotatable bonds is 6. The van der Waals surface area contributed by atoms with Crippen LogP contribution in [0.1, 0.15) is 6.42 Å². The molecule has 0 aliphatic rings. The van der Waals surface area contributed by atoms with Gasteiger partial charge in [-0.3, -0.25) is 4.79 Å². The first-order chi connectivity index (χ1) is 13.2. The van der Waals surface area contributed by atoms with E-state index in [4.69, 9.17) is 4.74 Å². The van der Waals surface area contributed by atoms with Crippen LogP contribution in [0.4, 0.5) is 10.5 Å². The van der Waals surface area contributed by atoms with Crippen LogP contribution in [0.2, 0.25) is 0 Å². The Bertz CT molecular complexity index is 878. The molecule has 3 aromatic carbocycles. The molecule has 0 fully saturated rings. The van der Waals surface area contributed by atoms with Crippen molar-refractivity contribution in [2.75, 3.05) is 11.9 Å². The Morgan fingerprint density at radius 2 is 1.33 bits per heavy atom. The number of ether oxygens (including phenoxy) is 1. The fraction of sp³-hybridized carbons (Fsp3) is 0.0909. The van der Waals surface area contributed by atoms with E-state index in [1.54, 1.807) is 24.3 Å². The molecule has 27 heavy (non-hydrogen) atoms. The Morgan fingerprint density at radius 1 is 0.741 bits per heavy atom. The first kappa shape index (κ1) is 18.2. The molecule has 0 bridgehead atoms. The summed E-state index contributed by atoms with van der Waals surface area (Å²) in [6.07, 6.45) is -0.425. The van der Waals surface area contributed by atoms with E-state index >= 15 is 0 Å². The lowest BCUT2D eigenvalue weighted by Crippen LogP contribution is -2.30. The number of carbonyl (C=O) groups is 2. The first-order valence-corrected chi connectivity index (χ1v) is 8.67. The molecule has 3 rings (SSSR count). The van der Waals surface area contributed by atoms with Crippen molar-refractivity contribution in [3.63, 3.8) is 0 Å². The van der Waals surface area contributed by atoms with E-state index in [0.717, 1.165) is 11.1 Å². The monoisotopic (exact) mass is 360 g/mol. The van der Waals surface area contributed by atoms with Crippen molar-refractivity contribution in [1.82, 2.24) is 5.32 Å². The third-order valence-electron chi connectivity index (χ3n) is 3.85. The maximum absolute atomic E-state index is 12.0. The number of hydrogen-bond donors (Lipinski definition) is 2. The lowest BCUT2D eigenvalue weighted by molar-refractivity contribution is -0.116. The highest BCUT2D eigenvalue weighted by Gasteiger charge is 2.06. The molecular weight excluding hydrogens is 340 g/mol. The summed E-state index contributed by atoms with van der Waals surface area (Å²) in [4.78, 5) is 23.7. The summed E-state index contributed by atoms with van der Waals surface area (Å²) in [5.74, 6) is 0.278. The van der Waals surface area contributed by atoms with Crippen LogP contribution in [0.3, 0.4) is 0 Å². The Hall–Kier alpha value is -3.60. The van der Waals surface area contributed by atoms with Gasteiger partial charge in [0.05, 0.1) is 0 Å². The number of carbonyl (C=O) groups excluding carboxylic acids is 2. The van der Waals surface area contributed by atoms with Crippen LogP contribution in [-0.4, -0.2) is 18.5 Å². The summed E-state index contributed by atoms with van der Waals surface area (Å²) in [7, 11) is 0. The third kappa shape index (κ3) is 5.71. The maximum Gasteiger partial charge on any atom is 0.412 e. The SMILES string of the molecule is O=C(CCNC(=O)Oc1ccccc1)Nc1ccc(-c2ccccc2)cc1. The zero-order chi connectivity index (χ0) is 18.9. The van der Waals surface area contributed by atoms with Gasteiger partial charge in [-0.15, -0.1) is 0 Å². The predicted molar refractivity (Wildman–Crippen MR) is 106 cm³/mol. The molecular formula is C22H20N2O3. The second-order valence-electron chi connectivity index (χ2n) is 5.87. The molecule has 5 heteroatoms. The summed E-state index contributed by atoms with van der Waals surface area (Å²) in [5.41, 5.74) is 2.92. The van der Waals surface area contributed by atoms with E-state index in [0.29, 0.717) is 11.4 Å². The van der Waals surface area contributed by atoms with Crippen molar-refractivity contribution in [2.45, 2.75) is 6.42 Å². The smallest absolute Gasteiger partial charge is 0.410 e. The van der Waals surface area contributed by atoms with Crippen LogP contribution in [-0.2, 0) is 4.79 Å². The van der Waals surface area contributed by atoms with Gasteiger partial charge in [0.2, 0.25) is 5.91 Å². The van der Waals surface area contributed by atoms with Crippen molar-refractivity contribution >= 4 is 17.7 Å². The largest absolute Gasteiger partial charge is 0.412 e. The second kappa shape index (κ2) is 9.20.